The second-order valence-electron chi connectivity index (χ2n) is 5.85. The van der Waals surface area contributed by atoms with Gasteiger partial charge in [0.2, 0.25) is 5.91 Å². The fraction of sp³-hybridized carbons (Fsp3) is 0.471. The SMILES string of the molecule is C/C(=C/C(=O)N1CCC(CO)CC1)c1ccc(C(F)(F)F)cc1. The van der Waals surface area contributed by atoms with Gasteiger partial charge in [0.25, 0.3) is 0 Å². The molecule has 0 aromatic heterocycles. The van der Waals surface area contributed by atoms with Crippen LogP contribution in [-0.4, -0.2) is 35.6 Å². The van der Waals surface area contributed by atoms with Crippen molar-refractivity contribution in [3.8, 4) is 0 Å². The van der Waals surface area contributed by atoms with Crippen LogP contribution in [0.1, 0.15) is 30.9 Å². The first-order chi connectivity index (χ1) is 10.8. The van der Waals surface area contributed by atoms with Gasteiger partial charge in [0.05, 0.1) is 5.56 Å². The third-order valence-electron chi connectivity index (χ3n) is 4.19. The fourth-order valence-corrected chi connectivity index (χ4v) is 2.62. The number of hydrogen-bond donors (Lipinski definition) is 1. The van der Waals surface area contributed by atoms with Crippen LogP contribution in [0, 0.1) is 5.92 Å². The molecule has 126 valence electrons. The van der Waals surface area contributed by atoms with Crippen molar-refractivity contribution in [3.05, 3.63) is 41.5 Å². The molecule has 0 saturated carbocycles. The molecule has 0 bridgehead atoms. The van der Waals surface area contributed by atoms with Gasteiger partial charge < -0.3 is 10.0 Å². The zero-order valence-electron chi connectivity index (χ0n) is 12.9. The minimum atomic E-state index is -4.36. The Balaban J connectivity index is 2.03. The molecular formula is C17H20F3NO2. The van der Waals surface area contributed by atoms with Gasteiger partial charge in [-0.2, -0.15) is 13.2 Å². The van der Waals surface area contributed by atoms with Crippen LogP contribution in [0.3, 0.4) is 0 Å². The first-order valence-corrected chi connectivity index (χ1v) is 7.57. The van der Waals surface area contributed by atoms with E-state index in [1.54, 1.807) is 11.8 Å². The molecule has 0 atom stereocenters. The highest BCUT2D eigenvalue weighted by atomic mass is 19.4. The summed E-state index contributed by atoms with van der Waals surface area (Å²) < 4.78 is 37.6. The number of alkyl halides is 3. The Kier molecular flexibility index (Phi) is 5.46. The molecule has 1 N–H and O–H groups in total. The molecule has 1 amide bonds. The summed E-state index contributed by atoms with van der Waals surface area (Å²) in [6, 6.07) is 4.79. The molecule has 1 heterocycles. The van der Waals surface area contributed by atoms with E-state index in [2.05, 4.69) is 0 Å². The van der Waals surface area contributed by atoms with Crippen LogP contribution in [-0.2, 0) is 11.0 Å². The maximum Gasteiger partial charge on any atom is 0.416 e. The van der Waals surface area contributed by atoms with Crippen LogP contribution in [0.4, 0.5) is 13.2 Å². The summed E-state index contributed by atoms with van der Waals surface area (Å²) in [5.74, 6) is 0.109. The van der Waals surface area contributed by atoms with Crippen molar-refractivity contribution in [2.24, 2.45) is 5.92 Å². The first-order valence-electron chi connectivity index (χ1n) is 7.57. The van der Waals surface area contributed by atoms with Crippen molar-refractivity contribution in [2.45, 2.75) is 25.9 Å². The van der Waals surface area contributed by atoms with E-state index in [1.807, 2.05) is 0 Å². The molecule has 1 aliphatic heterocycles. The van der Waals surface area contributed by atoms with Gasteiger partial charge in [-0.1, -0.05) is 12.1 Å². The van der Waals surface area contributed by atoms with E-state index in [0.29, 0.717) is 24.2 Å². The van der Waals surface area contributed by atoms with E-state index in [-0.39, 0.29) is 18.4 Å². The molecule has 0 spiro atoms. The largest absolute Gasteiger partial charge is 0.416 e. The van der Waals surface area contributed by atoms with Crippen molar-refractivity contribution < 1.29 is 23.1 Å². The van der Waals surface area contributed by atoms with Gasteiger partial charge in [-0.15, -0.1) is 0 Å². The van der Waals surface area contributed by atoms with E-state index in [0.717, 1.165) is 25.0 Å². The summed E-state index contributed by atoms with van der Waals surface area (Å²) >= 11 is 0. The van der Waals surface area contributed by atoms with Crippen LogP contribution < -0.4 is 0 Å². The Morgan fingerprint density at radius 2 is 1.83 bits per heavy atom. The van der Waals surface area contributed by atoms with E-state index >= 15 is 0 Å². The number of benzene rings is 1. The number of amides is 1. The average Bonchev–Trinajstić information content (AvgIpc) is 2.54. The average molecular weight is 327 g/mol. The molecule has 3 nitrogen and oxygen atoms in total. The van der Waals surface area contributed by atoms with E-state index in [9.17, 15) is 18.0 Å². The number of carbonyl (C=O) groups excluding carboxylic acids is 1. The van der Waals surface area contributed by atoms with Crippen LogP contribution in [0.25, 0.3) is 5.57 Å². The number of hydrogen-bond acceptors (Lipinski definition) is 2. The van der Waals surface area contributed by atoms with E-state index < -0.39 is 11.7 Å². The fourth-order valence-electron chi connectivity index (χ4n) is 2.62. The van der Waals surface area contributed by atoms with Gasteiger partial charge in [0, 0.05) is 25.8 Å². The molecule has 1 aliphatic rings. The highest BCUT2D eigenvalue weighted by molar-refractivity contribution is 5.94. The molecule has 23 heavy (non-hydrogen) atoms. The van der Waals surface area contributed by atoms with Gasteiger partial charge in [-0.3, -0.25) is 4.79 Å². The number of nitrogens with zero attached hydrogens (tertiary/aromatic N) is 1. The lowest BCUT2D eigenvalue weighted by atomic mass is 9.97. The number of carbonyl (C=O) groups is 1. The van der Waals surface area contributed by atoms with E-state index in [1.165, 1.54) is 18.2 Å². The van der Waals surface area contributed by atoms with Crippen molar-refractivity contribution in [2.75, 3.05) is 19.7 Å². The topological polar surface area (TPSA) is 40.5 Å². The number of rotatable bonds is 3. The molecule has 6 heteroatoms. The molecule has 1 saturated heterocycles. The number of allylic oxidation sites excluding steroid dienone is 1. The number of halogens is 3. The monoisotopic (exact) mass is 327 g/mol. The van der Waals surface area contributed by atoms with Crippen molar-refractivity contribution in [1.29, 1.82) is 0 Å². The smallest absolute Gasteiger partial charge is 0.396 e. The van der Waals surface area contributed by atoms with Crippen LogP contribution in [0.15, 0.2) is 30.3 Å². The molecule has 0 unspecified atom stereocenters. The number of aliphatic hydroxyl groups is 1. The first kappa shape index (κ1) is 17.5. The molecule has 0 aliphatic carbocycles. The van der Waals surface area contributed by atoms with Crippen LogP contribution in [0.2, 0.25) is 0 Å². The highest BCUT2D eigenvalue weighted by Gasteiger charge is 2.30. The zero-order chi connectivity index (χ0) is 17.0. The standard InChI is InChI=1S/C17H20F3NO2/c1-12(14-2-4-15(5-3-14)17(18,19)20)10-16(23)21-8-6-13(11-22)7-9-21/h2-5,10,13,22H,6-9,11H2,1H3/b12-10-. The summed E-state index contributed by atoms with van der Waals surface area (Å²) in [6.45, 7) is 3.05. The second-order valence-corrected chi connectivity index (χ2v) is 5.85. The van der Waals surface area contributed by atoms with Gasteiger partial charge in [-0.05, 0) is 49.0 Å². The van der Waals surface area contributed by atoms with Crippen molar-refractivity contribution in [3.63, 3.8) is 0 Å². The van der Waals surface area contributed by atoms with Crippen molar-refractivity contribution >= 4 is 11.5 Å². The maximum absolute atomic E-state index is 12.5. The predicted octanol–water partition coefficient (Wildman–Crippen LogP) is 3.34. The molecule has 2 rings (SSSR count). The van der Waals surface area contributed by atoms with Crippen LogP contribution in [0.5, 0.6) is 0 Å². The van der Waals surface area contributed by atoms with Gasteiger partial charge >= 0.3 is 6.18 Å². The summed E-state index contributed by atoms with van der Waals surface area (Å²) in [4.78, 5) is 13.9. The lowest BCUT2D eigenvalue weighted by Gasteiger charge is -2.30. The third-order valence-corrected chi connectivity index (χ3v) is 4.19. The van der Waals surface area contributed by atoms with E-state index in [4.69, 9.17) is 5.11 Å². The van der Waals surface area contributed by atoms with Crippen LogP contribution >= 0.6 is 0 Å². The summed E-state index contributed by atoms with van der Waals surface area (Å²) in [5, 5.41) is 9.09. The number of likely N-dealkylation sites (tertiary alicyclic amines) is 1. The van der Waals surface area contributed by atoms with Gasteiger partial charge in [0.1, 0.15) is 0 Å². The minimum absolute atomic E-state index is 0.140. The normalized spacial score (nSPS) is 17.4. The highest BCUT2D eigenvalue weighted by Crippen LogP contribution is 2.30. The van der Waals surface area contributed by atoms with Crippen molar-refractivity contribution in [1.82, 2.24) is 4.90 Å². The minimum Gasteiger partial charge on any atom is -0.396 e. The Morgan fingerprint density at radius 3 is 2.30 bits per heavy atom. The Labute approximate surface area is 133 Å². The number of aliphatic hydroxyl groups excluding tert-OH is 1. The molecule has 1 aromatic rings. The van der Waals surface area contributed by atoms with Gasteiger partial charge in [-0.25, -0.2) is 0 Å². The maximum atomic E-state index is 12.5. The molecule has 1 aromatic carbocycles. The summed E-state index contributed by atoms with van der Waals surface area (Å²) in [7, 11) is 0. The molecular weight excluding hydrogens is 307 g/mol. The lowest BCUT2D eigenvalue weighted by molar-refractivity contribution is -0.137. The Morgan fingerprint density at radius 1 is 1.26 bits per heavy atom. The zero-order valence-corrected chi connectivity index (χ0v) is 12.9. The van der Waals surface area contributed by atoms with Gasteiger partial charge in [0.15, 0.2) is 0 Å². The predicted molar refractivity (Wildman–Crippen MR) is 81.5 cm³/mol. The molecule has 1 fully saturated rings. The second kappa shape index (κ2) is 7.17. The Hall–Kier alpha value is -1.82. The summed E-state index contributed by atoms with van der Waals surface area (Å²) in [5.41, 5.74) is 0.524. The summed E-state index contributed by atoms with van der Waals surface area (Å²) in [6.07, 6.45) is -1.35. The number of piperidine rings is 1. The quantitative estimate of drug-likeness (QED) is 0.865. The third kappa shape index (κ3) is 4.58. The Bertz CT molecular complexity index is 570. The molecule has 0 radical (unpaired) electrons. The lowest BCUT2D eigenvalue weighted by Crippen LogP contribution is -2.38.